The highest BCUT2D eigenvalue weighted by molar-refractivity contribution is 5.93. The second-order valence-corrected chi connectivity index (χ2v) is 2.98. The Morgan fingerprint density at radius 1 is 1.73 bits per heavy atom. The number of nitrogens with zero attached hydrogens (tertiary/aromatic N) is 1. The minimum Gasteiger partial charge on any atom is -0.320 e. The fourth-order valence-corrected chi connectivity index (χ4v) is 0.955. The second-order valence-electron chi connectivity index (χ2n) is 2.98. The largest absolute Gasteiger partial charge is 0.320 e. The van der Waals surface area contributed by atoms with Crippen LogP contribution in [0.5, 0.6) is 0 Å². The Labute approximate surface area is 87.0 Å². The van der Waals surface area contributed by atoms with Crippen molar-refractivity contribution in [1.82, 2.24) is 4.98 Å². The molecule has 0 saturated carbocycles. The van der Waals surface area contributed by atoms with Gasteiger partial charge < -0.3 is 11.1 Å². The molecular weight excluding hydrogens is 197 g/mol. The monoisotopic (exact) mass is 209 g/mol. The zero-order chi connectivity index (χ0) is 11.3. The number of carbonyl (C=O) groups excluding carboxylic acids is 1. The molecule has 5 heteroatoms. The van der Waals surface area contributed by atoms with Gasteiger partial charge in [-0.2, -0.15) is 0 Å². The number of hydrogen-bond donors (Lipinski definition) is 2. The second kappa shape index (κ2) is 5.21. The molecule has 1 unspecified atom stereocenters. The smallest absolute Gasteiger partial charge is 0.242 e. The predicted octanol–water partition coefficient (Wildman–Crippen LogP) is 1.06. The number of rotatable bonds is 4. The number of pyridine rings is 1. The van der Waals surface area contributed by atoms with Crippen LogP contribution in [0.1, 0.15) is 6.42 Å². The van der Waals surface area contributed by atoms with Gasteiger partial charge in [0.05, 0.1) is 12.2 Å². The van der Waals surface area contributed by atoms with Crippen LogP contribution >= 0.6 is 0 Å². The fourth-order valence-electron chi connectivity index (χ4n) is 0.955. The maximum absolute atomic E-state index is 12.5. The van der Waals surface area contributed by atoms with Crippen LogP contribution in [0.2, 0.25) is 0 Å². The van der Waals surface area contributed by atoms with Gasteiger partial charge in [-0.25, -0.2) is 9.37 Å². The molecule has 4 nitrogen and oxygen atoms in total. The lowest BCUT2D eigenvalue weighted by atomic mass is 10.2. The quantitative estimate of drug-likeness (QED) is 0.728. The molecule has 3 N–H and O–H groups in total. The third kappa shape index (κ3) is 3.47. The predicted molar refractivity (Wildman–Crippen MR) is 55.6 cm³/mol. The standard InChI is InChI=1S/C10H12FN3O/c1-2-3-8(12)10(15)14-9-5-4-7(11)6-13-9/h2,4-6,8H,1,3,12H2,(H,13,14,15). The third-order valence-corrected chi connectivity index (χ3v) is 1.74. The Bertz CT molecular complexity index is 350. The summed E-state index contributed by atoms with van der Waals surface area (Å²) in [5.74, 6) is -0.543. The number of carbonyl (C=O) groups is 1. The van der Waals surface area contributed by atoms with Crippen molar-refractivity contribution >= 4 is 11.7 Å². The molecule has 80 valence electrons. The molecule has 1 amide bonds. The minimum atomic E-state index is -0.658. The van der Waals surface area contributed by atoms with E-state index < -0.39 is 11.9 Å². The lowest BCUT2D eigenvalue weighted by Gasteiger charge is -2.09. The molecule has 1 aromatic rings. The SMILES string of the molecule is C=CCC(N)C(=O)Nc1ccc(F)cn1. The highest BCUT2D eigenvalue weighted by Crippen LogP contribution is 2.04. The van der Waals surface area contributed by atoms with Crippen molar-refractivity contribution in [2.45, 2.75) is 12.5 Å². The number of nitrogens with one attached hydrogen (secondary N) is 1. The van der Waals surface area contributed by atoms with Gasteiger partial charge in [-0.05, 0) is 18.6 Å². The molecule has 1 heterocycles. The number of anilines is 1. The first-order valence-electron chi connectivity index (χ1n) is 4.42. The molecular formula is C10H12FN3O. The van der Waals surface area contributed by atoms with Crippen LogP contribution < -0.4 is 11.1 Å². The summed E-state index contributed by atoms with van der Waals surface area (Å²) in [6, 6.07) is 1.92. The molecule has 0 radical (unpaired) electrons. The van der Waals surface area contributed by atoms with Gasteiger partial charge >= 0.3 is 0 Å². The Balaban J connectivity index is 2.58. The van der Waals surface area contributed by atoms with E-state index in [-0.39, 0.29) is 11.7 Å². The van der Waals surface area contributed by atoms with Gasteiger partial charge in [0.1, 0.15) is 11.6 Å². The van der Waals surface area contributed by atoms with Gasteiger partial charge in [0.2, 0.25) is 5.91 Å². The van der Waals surface area contributed by atoms with Crippen molar-refractivity contribution < 1.29 is 9.18 Å². The first-order valence-corrected chi connectivity index (χ1v) is 4.42. The van der Waals surface area contributed by atoms with Gasteiger partial charge in [0.25, 0.3) is 0 Å². The minimum absolute atomic E-state index is 0.279. The molecule has 0 aliphatic heterocycles. The summed E-state index contributed by atoms with van der Waals surface area (Å²) < 4.78 is 12.5. The molecule has 0 spiro atoms. The average molecular weight is 209 g/mol. The topological polar surface area (TPSA) is 68.0 Å². The zero-order valence-electron chi connectivity index (χ0n) is 8.11. The van der Waals surface area contributed by atoms with E-state index >= 15 is 0 Å². The average Bonchev–Trinajstić information content (AvgIpc) is 2.22. The van der Waals surface area contributed by atoms with E-state index in [4.69, 9.17) is 5.73 Å². The summed E-state index contributed by atoms with van der Waals surface area (Å²) in [4.78, 5) is 15.0. The molecule has 0 fully saturated rings. The van der Waals surface area contributed by atoms with E-state index in [2.05, 4.69) is 16.9 Å². The molecule has 0 aromatic carbocycles. The van der Waals surface area contributed by atoms with Crippen molar-refractivity contribution in [1.29, 1.82) is 0 Å². The van der Waals surface area contributed by atoms with Crippen molar-refractivity contribution in [2.24, 2.45) is 5.73 Å². The van der Waals surface area contributed by atoms with Gasteiger partial charge in [0.15, 0.2) is 0 Å². The molecule has 0 aliphatic rings. The summed E-state index contributed by atoms with van der Waals surface area (Å²) in [5, 5.41) is 2.46. The van der Waals surface area contributed by atoms with Crippen molar-refractivity contribution in [3.63, 3.8) is 0 Å². The van der Waals surface area contributed by atoms with Crippen LogP contribution in [0.25, 0.3) is 0 Å². The Morgan fingerprint density at radius 3 is 3.00 bits per heavy atom. The van der Waals surface area contributed by atoms with Crippen LogP contribution in [0.3, 0.4) is 0 Å². The summed E-state index contributed by atoms with van der Waals surface area (Å²) >= 11 is 0. The normalized spacial score (nSPS) is 11.9. The van der Waals surface area contributed by atoms with Crippen molar-refractivity contribution in [3.05, 3.63) is 36.8 Å². The number of halogens is 1. The van der Waals surface area contributed by atoms with Crippen molar-refractivity contribution in [3.8, 4) is 0 Å². The molecule has 0 bridgehead atoms. The molecule has 1 rings (SSSR count). The lowest BCUT2D eigenvalue weighted by molar-refractivity contribution is -0.117. The Morgan fingerprint density at radius 2 is 2.47 bits per heavy atom. The summed E-state index contributed by atoms with van der Waals surface area (Å²) in [7, 11) is 0. The molecule has 1 atom stereocenters. The van der Waals surface area contributed by atoms with E-state index in [0.29, 0.717) is 6.42 Å². The van der Waals surface area contributed by atoms with Gasteiger partial charge in [-0.3, -0.25) is 4.79 Å². The summed E-state index contributed by atoms with van der Waals surface area (Å²) in [5.41, 5.74) is 5.52. The van der Waals surface area contributed by atoms with Gasteiger partial charge in [0, 0.05) is 0 Å². The van der Waals surface area contributed by atoms with Crippen molar-refractivity contribution in [2.75, 3.05) is 5.32 Å². The molecule has 0 saturated heterocycles. The summed E-state index contributed by atoms with van der Waals surface area (Å²) in [6.45, 7) is 3.48. The maximum atomic E-state index is 12.5. The van der Waals surface area contributed by atoms with Crippen LogP contribution in [-0.2, 0) is 4.79 Å². The van der Waals surface area contributed by atoms with Crippen LogP contribution in [-0.4, -0.2) is 16.9 Å². The van der Waals surface area contributed by atoms with E-state index in [1.807, 2.05) is 0 Å². The van der Waals surface area contributed by atoms with E-state index in [1.165, 1.54) is 12.1 Å². The highest BCUT2D eigenvalue weighted by atomic mass is 19.1. The first-order chi connectivity index (χ1) is 7.13. The number of hydrogen-bond acceptors (Lipinski definition) is 3. The van der Waals surface area contributed by atoms with Crippen LogP contribution in [0, 0.1) is 5.82 Å². The maximum Gasteiger partial charge on any atom is 0.242 e. The number of nitrogens with two attached hydrogens (primary N) is 1. The number of amides is 1. The first kappa shape index (κ1) is 11.3. The van der Waals surface area contributed by atoms with Crippen LogP contribution in [0.4, 0.5) is 10.2 Å². The van der Waals surface area contributed by atoms with Gasteiger partial charge in [-0.15, -0.1) is 6.58 Å². The van der Waals surface area contributed by atoms with E-state index in [1.54, 1.807) is 6.08 Å². The lowest BCUT2D eigenvalue weighted by Crippen LogP contribution is -2.35. The van der Waals surface area contributed by atoms with Crippen LogP contribution in [0.15, 0.2) is 31.0 Å². The van der Waals surface area contributed by atoms with E-state index in [0.717, 1.165) is 6.20 Å². The molecule has 0 aliphatic carbocycles. The third-order valence-electron chi connectivity index (χ3n) is 1.74. The van der Waals surface area contributed by atoms with E-state index in [9.17, 15) is 9.18 Å². The fraction of sp³-hybridized carbons (Fsp3) is 0.200. The zero-order valence-corrected chi connectivity index (χ0v) is 8.11. The summed E-state index contributed by atoms with van der Waals surface area (Å²) in [6.07, 6.45) is 2.96. The Hall–Kier alpha value is -1.75. The number of aromatic nitrogens is 1. The molecule has 1 aromatic heterocycles. The van der Waals surface area contributed by atoms with Gasteiger partial charge in [-0.1, -0.05) is 6.08 Å². The Kier molecular flexibility index (Phi) is 3.93. The molecule has 15 heavy (non-hydrogen) atoms. The highest BCUT2D eigenvalue weighted by Gasteiger charge is 2.11.